The van der Waals surface area contributed by atoms with Crippen LogP contribution in [0.2, 0.25) is 0 Å². The van der Waals surface area contributed by atoms with Crippen LogP contribution >= 0.6 is 0 Å². The summed E-state index contributed by atoms with van der Waals surface area (Å²) in [7, 11) is 0. The summed E-state index contributed by atoms with van der Waals surface area (Å²) in [5, 5.41) is 26.3. The zero-order chi connectivity index (χ0) is 23.0. The van der Waals surface area contributed by atoms with E-state index in [9.17, 15) is 0 Å². The van der Waals surface area contributed by atoms with Crippen LogP contribution in [0.1, 0.15) is 0 Å². The maximum Gasteiger partial charge on any atom is 0.0277 e. The second-order valence-corrected chi connectivity index (χ2v) is 5.25. The van der Waals surface area contributed by atoms with E-state index in [1.807, 2.05) is 0 Å². The molecule has 13 heteroatoms. The number of hydrogen-bond donors (Lipinski definition) is 0. The van der Waals surface area contributed by atoms with E-state index < -0.39 is 0 Å². The molecular weight excluding hydrogens is 598 g/mol. The first-order chi connectivity index (χ1) is 15.0. The second kappa shape index (κ2) is 48.4. The van der Waals surface area contributed by atoms with Crippen molar-refractivity contribution in [3.63, 3.8) is 0 Å². The van der Waals surface area contributed by atoms with Gasteiger partial charge in [-0.05, 0) is 0 Å². The molecule has 0 spiro atoms. The van der Waals surface area contributed by atoms with Crippen LogP contribution < -0.4 is 0 Å². The molecule has 0 atom stereocenters. The van der Waals surface area contributed by atoms with E-state index in [-0.39, 0.29) is 39.0 Å². The maximum atomic E-state index is 7.75. The molecule has 1 saturated heterocycles. The third kappa shape index (κ3) is 43.7. The van der Waals surface area contributed by atoms with Gasteiger partial charge in [0, 0.05) is 65.4 Å². The monoisotopic (exact) mass is 633 g/mol. The molecule has 32 heavy (non-hydrogen) atoms. The van der Waals surface area contributed by atoms with E-state index in [0.29, 0.717) is 26.4 Å². The Kier molecular flexibility index (Phi) is 63.7. The molecule has 0 saturated carbocycles. The Morgan fingerprint density at radius 3 is 0.688 bits per heavy atom. The average molecular weight is 633 g/mol. The van der Waals surface area contributed by atoms with Crippen molar-refractivity contribution in [2.75, 3.05) is 105 Å². The summed E-state index contributed by atoms with van der Waals surface area (Å²) >= 11 is 0. The largest absolute Gasteiger partial charge is 0.665 e. The van der Waals surface area contributed by atoms with Gasteiger partial charge in [-0.15, -0.1) is 26.2 Å². The Hall–Kier alpha value is -0.0632. The Labute approximate surface area is 219 Å². The molecule has 198 valence electrons. The van der Waals surface area contributed by atoms with Crippen molar-refractivity contribution in [2.24, 2.45) is 0 Å². The SMILES string of the molecule is C1C[N-]CCOCC[N-]CC[N-]CC[N-]CCOCC[N-]CC[N-]1.[CH-]=O.[CH-]=O.[CH-]=O.[Rh].[Rh]. The summed E-state index contributed by atoms with van der Waals surface area (Å²) in [6, 6.07) is 0. The van der Waals surface area contributed by atoms with Gasteiger partial charge in [0.05, 0.1) is 0 Å². The van der Waals surface area contributed by atoms with Gasteiger partial charge in [0.25, 0.3) is 0 Å². The normalized spacial score (nSPS) is 18.4. The van der Waals surface area contributed by atoms with Gasteiger partial charge in [0.15, 0.2) is 0 Å². The van der Waals surface area contributed by atoms with Gasteiger partial charge in [-0.3, -0.25) is 20.4 Å². The van der Waals surface area contributed by atoms with Crippen LogP contribution in [0.3, 0.4) is 0 Å². The Balaban J connectivity index is -0.000000279. The predicted octanol–water partition coefficient (Wildman–Crippen LogP) is 1.45. The van der Waals surface area contributed by atoms with Crippen molar-refractivity contribution < 1.29 is 62.8 Å². The van der Waals surface area contributed by atoms with E-state index in [1.54, 1.807) is 0 Å². The van der Waals surface area contributed by atoms with Crippen molar-refractivity contribution in [1.29, 1.82) is 0 Å². The molecule has 11 nitrogen and oxygen atoms in total. The number of rotatable bonds is 0. The Bertz CT molecular complexity index is 192. The number of carbonyl (C=O) groups excluding carboxylic acids is 3. The van der Waals surface area contributed by atoms with E-state index in [4.69, 9.17) is 23.9 Å². The summed E-state index contributed by atoms with van der Waals surface area (Å²) in [6.45, 7) is 21.5. The van der Waals surface area contributed by atoms with Gasteiger partial charge in [0.1, 0.15) is 0 Å². The van der Waals surface area contributed by atoms with Crippen molar-refractivity contribution in [2.45, 2.75) is 0 Å². The van der Waals surface area contributed by atoms with Gasteiger partial charge in [-0.25, -0.2) is 0 Å². The number of nitrogens with zero attached hydrogens (tertiary/aromatic N) is 6. The maximum absolute atomic E-state index is 7.75. The quantitative estimate of drug-likeness (QED) is 0.225. The van der Waals surface area contributed by atoms with E-state index in [2.05, 4.69) is 52.3 Å². The van der Waals surface area contributed by atoms with Crippen LogP contribution in [0.4, 0.5) is 0 Å². The zero-order valence-corrected chi connectivity index (χ0v) is 21.7. The third-order valence-electron chi connectivity index (χ3n) is 3.24. The first-order valence-electron chi connectivity index (χ1n) is 9.66. The molecule has 0 amide bonds. The third-order valence-corrected chi connectivity index (χ3v) is 3.24. The minimum absolute atomic E-state index is 0. The Morgan fingerprint density at radius 1 is 0.344 bits per heavy atom. The second-order valence-electron chi connectivity index (χ2n) is 5.25. The molecule has 1 aliphatic heterocycles. The van der Waals surface area contributed by atoms with Crippen LogP contribution in [0.5, 0.6) is 0 Å². The van der Waals surface area contributed by atoms with Gasteiger partial charge >= 0.3 is 0 Å². The molecule has 0 bridgehead atoms. The van der Waals surface area contributed by atoms with Crippen LogP contribution in [-0.2, 0) is 62.8 Å². The molecule has 1 rings (SSSR count). The minimum Gasteiger partial charge on any atom is -0.665 e. The van der Waals surface area contributed by atoms with Crippen LogP contribution in [0, 0.1) is 0 Å². The standard InChI is InChI=1S/C16H32N6O2.3CHO.2Rh/c1-5-19-9-13-23-15-11-21-7-3-18-4-8-22-12-16-24-14-10-20-6-2-17-1;3*1-2;;/h1-16H2;3*1H;;/q-6;3*-1;;. The molecule has 0 aromatic carbocycles. The summed E-state index contributed by atoms with van der Waals surface area (Å²) in [5.74, 6) is 0. The van der Waals surface area contributed by atoms with Crippen LogP contribution in [-0.4, -0.2) is 125 Å². The molecule has 0 aliphatic carbocycles. The first kappa shape index (κ1) is 42.1. The summed E-state index contributed by atoms with van der Waals surface area (Å²) < 4.78 is 11.0. The van der Waals surface area contributed by atoms with Gasteiger partial charge < -0.3 is 55.8 Å². The fourth-order valence-electron chi connectivity index (χ4n) is 1.96. The Morgan fingerprint density at radius 2 is 0.500 bits per heavy atom. The van der Waals surface area contributed by atoms with Crippen molar-refractivity contribution in [1.82, 2.24) is 0 Å². The molecule has 2 radical (unpaired) electrons. The fourth-order valence-corrected chi connectivity index (χ4v) is 1.96. The average Bonchev–Trinajstić information content (AvgIpc) is 2.81. The molecule has 0 aromatic rings. The summed E-state index contributed by atoms with van der Waals surface area (Å²) in [4.78, 5) is 23.2. The topological polar surface area (TPSA) is 154 Å². The summed E-state index contributed by atoms with van der Waals surface area (Å²) in [6.07, 6.45) is 0. The van der Waals surface area contributed by atoms with Crippen LogP contribution in [0.15, 0.2) is 0 Å². The molecule has 1 heterocycles. The van der Waals surface area contributed by atoms with Gasteiger partial charge in [-0.1, -0.05) is 0 Å². The molecule has 1 aliphatic rings. The van der Waals surface area contributed by atoms with Crippen molar-refractivity contribution in [3.8, 4) is 0 Å². The predicted molar refractivity (Wildman–Crippen MR) is 120 cm³/mol. The molecular formula is C19H35N6O5Rh2-9. The summed E-state index contributed by atoms with van der Waals surface area (Å²) in [5.41, 5.74) is 0. The molecule has 0 unspecified atom stereocenters. The minimum atomic E-state index is 0. The van der Waals surface area contributed by atoms with E-state index in [1.165, 1.54) is 0 Å². The number of hydrogen-bond acceptors (Lipinski definition) is 5. The van der Waals surface area contributed by atoms with E-state index >= 15 is 0 Å². The first-order valence-corrected chi connectivity index (χ1v) is 9.66. The number of ether oxygens (including phenoxy) is 2. The zero-order valence-electron chi connectivity index (χ0n) is 18.4. The smallest absolute Gasteiger partial charge is 0.0277 e. The van der Waals surface area contributed by atoms with Gasteiger partial charge in [-0.2, -0.15) is 52.4 Å². The molecule has 0 N–H and O–H groups in total. The fraction of sp³-hybridized carbons (Fsp3) is 0.842. The molecule has 1 fully saturated rings. The molecule has 0 aromatic heterocycles. The van der Waals surface area contributed by atoms with Crippen molar-refractivity contribution >= 4 is 20.4 Å². The van der Waals surface area contributed by atoms with Gasteiger partial charge in [0.2, 0.25) is 0 Å². The van der Waals surface area contributed by atoms with E-state index in [0.717, 1.165) is 78.5 Å². The van der Waals surface area contributed by atoms with Crippen molar-refractivity contribution in [3.05, 3.63) is 31.9 Å². The van der Waals surface area contributed by atoms with Crippen LogP contribution in [0.25, 0.3) is 31.9 Å².